The second kappa shape index (κ2) is 3.65. The molecule has 2 rings (SSSR count). The van der Waals surface area contributed by atoms with Gasteiger partial charge in [0.25, 0.3) is 0 Å². The number of hydrogen-bond donors (Lipinski definition) is 3. The number of fused-ring (bicyclic) bond motifs is 1. The van der Waals surface area contributed by atoms with E-state index in [9.17, 15) is 15.3 Å². The average Bonchev–Trinajstić information content (AvgIpc) is 2.18. The fourth-order valence-electron chi connectivity index (χ4n) is 2.03. The molecule has 0 spiro atoms. The Labute approximate surface area is 87.4 Å². The van der Waals surface area contributed by atoms with Crippen LogP contribution in [0, 0.1) is 0 Å². The van der Waals surface area contributed by atoms with Gasteiger partial charge in [-0.2, -0.15) is 0 Å². The van der Waals surface area contributed by atoms with Crippen LogP contribution in [0.2, 0.25) is 0 Å². The van der Waals surface area contributed by atoms with Crippen molar-refractivity contribution in [2.24, 2.45) is 0 Å². The van der Waals surface area contributed by atoms with Gasteiger partial charge in [-0.3, -0.25) is 0 Å². The summed E-state index contributed by atoms with van der Waals surface area (Å²) in [7, 11) is 0. The number of ether oxygens (including phenoxy) is 3. The number of aliphatic hydroxyl groups excluding tert-OH is 3. The standard InChI is InChI=1S/C9H16O6/c1-4-13-3-5-9(2,15-4)7(11)6(10)8(12)14-5/h4-8,10-12H,3H2,1-2H3/t4-,5?,6-,7-,8-,9-/m1/s1. The monoisotopic (exact) mass is 220 g/mol. The number of aliphatic hydroxyl groups is 3. The van der Waals surface area contributed by atoms with E-state index in [2.05, 4.69) is 0 Å². The Bertz CT molecular complexity index is 243. The van der Waals surface area contributed by atoms with E-state index in [1.165, 1.54) is 0 Å². The maximum absolute atomic E-state index is 9.85. The number of hydrogen-bond acceptors (Lipinski definition) is 6. The fourth-order valence-corrected chi connectivity index (χ4v) is 2.03. The second-order valence-electron chi connectivity index (χ2n) is 4.15. The molecule has 0 bridgehead atoms. The second-order valence-corrected chi connectivity index (χ2v) is 4.15. The Hall–Kier alpha value is -0.240. The first-order chi connectivity index (χ1) is 6.95. The minimum absolute atomic E-state index is 0.221. The van der Waals surface area contributed by atoms with Gasteiger partial charge in [-0.05, 0) is 13.8 Å². The van der Waals surface area contributed by atoms with E-state index in [0.717, 1.165) is 0 Å². The topological polar surface area (TPSA) is 88.4 Å². The van der Waals surface area contributed by atoms with Gasteiger partial charge >= 0.3 is 0 Å². The van der Waals surface area contributed by atoms with Crippen molar-refractivity contribution in [3.05, 3.63) is 0 Å². The van der Waals surface area contributed by atoms with Crippen LogP contribution in [0.4, 0.5) is 0 Å². The minimum Gasteiger partial charge on any atom is -0.387 e. The Morgan fingerprint density at radius 1 is 1.27 bits per heavy atom. The van der Waals surface area contributed by atoms with Gasteiger partial charge in [-0.25, -0.2) is 0 Å². The highest BCUT2D eigenvalue weighted by atomic mass is 16.7. The van der Waals surface area contributed by atoms with Crippen molar-refractivity contribution in [1.29, 1.82) is 0 Å². The molecule has 2 heterocycles. The van der Waals surface area contributed by atoms with E-state index in [-0.39, 0.29) is 6.61 Å². The maximum atomic E-state index is 9.85. The first-order valence-electron chi connectivity index (χ1n) is 4.94. The zero-order valence-corrected chi connectivity index (χ0v) is 8.66. The maximum Gasteiger partial charge on any atom is 0.184 e. The predicted octanol–water partition coefficient (Wildman–Crippen LogP) is -1.42. The van der Waals surface area contributed by atoms with Gasteiger partial charge in [0.1, 0.15) is 23.9 Å². The normalized spacial score (nSPS) is 56.2. The minimum atomic E-state index is -1.40. The molecule has 0 saturated carbocycles. The molecule has 2 aliphatic rings. The summed E-state index contributed by atoms with van der Waals surface area (Å²) in [4.78, 5) is 0. The van der Waals surface area contributed by atoms with Crippen LogP contribution in [0.3, 0.4) is 0 Å². The third-order valence-corrected chi connectivity index (χ3v) is 3.05. The molecule has 0 aromatic heterocycles. The molecule has 6 nitrogen and oxygen atoms in total. The molecule has 6 atom stereocenters. The summed E-state index contributed by atoms with van der Waals surface area (Å²) in [5.74, 6) is 0. The predicted molar refractivity (Wildman–Crippen MR) is 47.8 cm³/mol. The van der Waals surface area contributed by atoms with Crippen LogP contribution < -0.4 is 0 Å². The van der Waals surface area contributed by atoms with Crippen molar-refractivity contribution in [2.75, 3.05) is 6.61 Å². The van der Waals surface area contributed by atoms with E-state index in [1.54, 1.807) is 13.8 Å². The van der Waals surface area contributed by atoms with Crippen LogP contribution in [-0.2, 0) is 14.2 Å². The van der Waals surface area contributed by atoms with Crippen LogP contribution >= 0.6 is 0 Å². The summed E-state index contributed by atoms with van der Waals surface area (Å²) >= 11 is 0. The van der Waals surface area contributed by atoms with Crippen LogP contribution in [0.5, 0.6) is 0 Å². The van der Waals surface area contributed by atoms with Crippen LogP contribution in [0.1, 0.15) is 13.8 Å². The molecule has 0 radical (unpaired) electrons. The van der Waals surface area contributed by atoms with Crippen molar-refractivity contribution < 1.29 is 29.5 Å². The van der Waals surface area contributed by atoms with Gasteiger partial charge in [0.2, 0.25) is 0 Å². The quantitative estimate of drug-likeness (QED) is 0.464. The zero-order chi connectivity index (χ0) is 11.2. The molecule has 1 unspecified atom stereocenters. The van der Waals surface area contributed by atoms with E-state index < -0.39 is 36.5 Å². The summed E-state index contributed by atoms with van der Waals surface area (Å²) < 4.78 is 15.8. The lowest BCUT2D eigenvalue weighted by molar-refractivity contribution is -0.383. The fraction of sp³-hybridized carbons (Fsp3) is 1.00. The summed E-state index contributed by atoms with van der Waals surface area (Å²) in [6.45, 7) is 3.56. The number of rotatable bonds is 0. The van der Waals surface area contributed by atoms with Crippen molar-refractivity contribution in [3.63, 3.8) is 0 Å². The van der Waals surface area contributed by atoms with Crippen molar-refractivity contribution in [1.82, 2.24) is 0 Å². The molecular formula is C9H16O6. The smallest absolute Gasteiger partial charge is 0.184 e. The lowest BCUT2D eigenvalue weighted by Gasteiger charge is -2.51. The molecule has 2 aliphatic heterocycles. The van der Waals surface area contributed by atoms with Crippen molar-refractivity contribution >= 4 is 0 Å². The average molecular weight is 220 g/mol. The highest BCUT2D eigenvalue weighted by Gasteiger charge is 2.56. The first kappa shape index (κ1) is 11.3. The van der Waals surface area contributed by atoms with E-state index in [0.29, 0.717) is 0 Å². The molecule has 6 heteroatoms. The Balaban J connectivity index is 2.22. The summed E-state index contributed by atoms with van der Waals surface area (Å²) in [6.07, 6.45) is -5.01. The molecule has 3 N–H and O–H groups in total. The molecule has 0 aromatic rings. The zero-order valence-electron chi connectivity index (χ0n) is 8.66. The first-order valence-corrected chi connectivity index (χ1v) is 4.94. The van der Waals surface area contributed by atoms with Crippen LogP contribution in [-0.4, -0.2) is 58.4 Å². The molecular weight excluding hydrogens is 204 g/mol. The molecule has 0 aromatic carbocycles. The van der Waals surface area contributed by atoms with Crippen LogP contribution in [0.25, 0.3) is 0 Å². The van der Waals surface area contributed by atoms with Crippen LogP contribution in [0.15, 0.2) is 0 Å². The van der Waals surface area contributed by atoms with Gasteiger partial charge in [0.05, 0.1) is 6.61 Å². The molecule has 0 amide bonds. The Kier molecular flexibility index (Phi) is 2.74. The lowest BCUT2D eigenvalue weighted by Crippen LogP contribution is -2.69. The summed E-state index contributed by atoms with van der Waals surface area (Å²) in [5, 5.41) is 28.7. The molecule has 88 valence electrons. The molecule has 0 aliphatic carbocycles. The van der Waals surface area contributed by atoms with Crippen molar-refractivity contribution in [3.8, 4) is 0 Å². The van der Waals surface area contributed by atoms with Gasteiger partial charge < -0.3 is 29.5 Å². The summed E-state index contributed by atoms with van der Waals surface area (Å²) in [5.41, 5.74) is -1.05. The van der Waals surface area contributed by atoms with Crippen molar-refractivity contribution in [2.45, 2.75) is 50.3 Å². The van der Waals surface area contributed by atoms with Gasteiger partial charge in [-0.1, -0.05) is 0 Å². The molecule has 15 heavy (non-hydrogen) atoms. The SMILES string of the molecule is C[C@@H]1OCC2O[C@@H](O)[C@H](O)[C@@H](O)[C@]2(C)O1. The van der Waals surface area contributed by atoms with E-state index in [1.807, 2.05) is 0 Å². The largest absolute Gasteiger partial charge is 0.387 e. The van der Waals surface area contributed by atoms with Gasteiger partial charge in [0.15, 0.2) is 12.6 Å². The van der Waals surface area contributed by atoms with E-state index >= 15 is 0 Å². The van der Waals surface area contributed by atoms with Gasteiger partial charge in [0, 0.05) is 0 Å². The third kappa shape index (κ3) is 1.67. The third-order valence-electron chi connectivity index (χ3n) is 3.05. The highest BCUT2D eigenvalue weighted by Crippen LogP contribution is 2.36. The molecule has 2 fully saturated rings. The summed E-state index contributed by atoms with van der Waals surface area (Å²) in [6, 6.07) is 0. The Morgan fingerprint density at radius 2 is 1.93 bits per heavy atom. The highest BCUT2D eigenvalue weighted by molar-refractivity contribution is 5.01. The molecule has 2 saturated heterocycles. The van der Waals surface area contributed by atoms with Gasteiger partial charge in [-0.15, -0.1) is 0 Å². The lowest BCUT2D eigenvalue weighted by atomic mass is 9.85. The van der Waals surface area contributed by atoms with E-state index in [4.69, 9.17) is 14.2 Å². The Morgan fingerprint density at radius 3 is 2.60 bits per heavy atom.